The molecule has 0 spiro atoms. The zero-order chi connectivity index (χ0) is 9.26. The van der Waals surface area contributed by atoms with Gasteiger partial charge in [-0.1, -0.05) is 22.7 Å². The molecule has 2 aromatic rings. The van der Waals surface area contributed by atoms with E-state index < -0.39 is 0 Å². The van der Waals surface area contributed by atoms with Crippen LogP contribution in [0, 0.1) is 0 Å². The molecule has 0 saturated heterocycles. The Labute approximate surface area is 81.0 Å². The van der Waals surface area contributed by atoms with Crippen molar-refractivity contribution in [3.8, 4) is 15.1 Å². The molecule has 0 saturated carbocycles. The van der Waals surface area contributed by atoms with E-state index in [-0.39, 0.29) is 4.87 Å². The number of rotatable bonds is 2. The average molecular weight is 215 g/mol. The summed E-state index contributed by atoms with van der Waals surface area (Å²) >= 11 is 2.41. The minimum Gasteiger partial charge on any atom is -0.473 e. The molecule has 0 atom stereocenters. The van der Waals surface area contributed by atoms with Gasteiger partial charge in [0.1, 0.15) is 0 Å². The number of hydrogen-bond acceptors (Lipinski definition) is 6. The van der Waals surface area contributed by atoms with Gasteiger partial charge in [0.15, 0.2) is 5.01 Å². The van der Waals surface area contributed by atoms with Crippen molar-refractivity contribution in [3.05, 3.63) is 15.9 Å². The van der Waals surface area contributed by atoms with Gasteiger partial charge >= 0.3 is 4.87 Å². The fraction of sp³-hybridized carbons (Fsp3) is 0.167. The Morgan fingerprint density at radius 1 is 1.54 bits per heavy atom. The first-order valence-corrected chi connectivity index (χ1v) is 4.98. The number of thiazole rings is 1. The van der Waals surface area contributed by atoms with Crippen molar-refractivity contribution in [2.24, 2.45) is 0 Å². The molecule has 13 heavy (non-hydrogen) atoms. The van der Waals surface area contributed by atoms with E-state index in [4.69, 9.17) is 4.74 Å². The monoisotopic (exact) mass is 215 g/mol. The van der Waals surface area contributed by atoms with Crippen LogP contribution >= 0.6 is 22.7 Å². The summed E-state index contributed by atoms with van der Waals surface area (Å²) in [5.74, 6) is 0. The molecule has 0 aromatic carbocycles. The Morgan fingerprint density at radius 2 is 2.38 bits per heavy atom. The molecule has 0 fully saturated rings. The molecule has 5 nitrogen and oxygen atoms in total. The topological polar surface area (TPSA) is 67.9 Å². The van der Waals surface area contributed by atoms with Crippen LogP contribution in [0.25, 0.3) is 9.88 Å². The van der Waals surface area contributed by atoms with Crippen LogP contribution in [0.1, 0.15) is 0 Å². The van der Waals surface area contributed by atoms with Crippen LogP contribution in [0.2, 0.25) is 0 Å². The van der Waals surface area contributed by atoms with Crippen molar-refractivity contribution >= 4 is 22.7 Å². The highest BCUT2D eigenvalue weighted by Gasteiger charge is 2.07. The van der Waals surface area contributed by atoms with E-state index in [1.807, 2.05) is 0 Å². The molecule has 2 rings (SSSR count). The Balaban J connectivity index is 2.40. The van der Waals surface area contributed by atoms with Crippen molar-refractivity contribution < 1.29 is 4.74 Å². The Bertz CT molecular complexity index is 458. The number of nitrogens with zero attached hydrogens (tertiary/aromatic N) is 2. The van der Waals surface area contributed by atoms with Crippen LogP contribution in [0.15, 0.2) is 11.0 Å². The first kappa shape index (κ1) is 8.39. The van der Waals surface area contributed by atoms with Gasteiger partial charge < -0.3 is 4.74 Å². The number of nitrogens with one attached hydrogen (secondary N) is 1. The summed E-state index contributed by atoms with van der Waals surface area (Å²) in [6.07, 6.45) is 1.63. The first-order chi connectivity index (χ1) is 6.29. The highest BCUT2D eigenvalue weighted by Crippen LogP contribution is 2.29. The molecular weight excluding hydrogens is 210 g/mol. The molecule has 0 aliphatic heterocycles. The van der Waals surface area contributed by atoms with Gasteiger partial charge in [0.2, 0.25) is 0 Å². The molecule has 68 valence electrons. The standard InChI is InChI=1S/C6H5N3O2S2/c1-11-6-7-2-3(12-6)4-8-9-5(10)13-4/h2H,1H3,(H,9,10). The van der Waals surface area contributed by atoms with Gasteiger partial charge in [-0.3, -0.25) is 4.79 Å². The zero-order valence-corrected chi connectivity index (χ0v) is 8.24. The number of aromatic nitrogens is 3. The number of aromatic amines is 1. The molecule has 0 aliphatic carbocycles. The van der Waals surface area contributed by atoms with Crippen LogP contribution in [-0.4, -0.2) is 22.3 Å². The third-order valence-electron chi connectivity index (χ3n) is 1.31. The van der Waals surface area contributed by atoms with E-state index in [9.17, 15) is 4.79 Å². The molecule has 0 bridgehead atoms. The van der Waals surface area contributed by atoms with Crippen LogP contribution in [0.5, 0.6) is 5.19 Å². The molecule has 0 unspecified atom stereocenters. The second kappa shape index (κ2) is 3.27. The predicted octanol–water partition coefficient (Wildman–Crippen LogP) is 0.963. The van der Waals surface area contributed by atoms with Gasteiger partial charge in [-0.25, -0.2) is 10.1 Å². The van der Waals surface area contributed by atoms with E-state index in [0.717, 1.165) is 16.2 Å². The van der Waals surface area contributed by atoms with E-state index >= 15 is 0 Å². The lowest BCUT2D eigenvalue weighted by Crippen LogP contribution is -1.90. The molecule has 2 aromatic heterocycles. The van der Waals surface area contributed by atoms with E-state index in [0.29, 0.717) is 10.2 Å². The maximum absolute atomic E-state index is 10.8. The molecule has 0 radical (unpaired) electrons. The number of ether oxygens (including phenoxy) is 1. The number of hydrogen-bond donors (Lipinski definition) is 1. The Hall–Kier alpha value is -1.21. The van der Waals surface area contributed by atoms with Gasteiger partial charge in [0.25, 0.3) is 5.19 Å². The Kier molecular flexibility index (Phi) is 2.11. The van der Waals surface area contributed by atoms with Crippen molar-refractivity contribution in [1.82, 2.24) is 15.2 Å². The maximum atomic E-state index is 10.8. The second-order valence-electron chi connectivity index (χ2n) is 2.11. The van der Waals surface area contributed by atoms with Crippen LogP contribution in [0.3, 0.4) is 0 Å². The quantitative estimate of drug-likeness (QED) is 0.810. The van der Waals surface area contributed by atoms with E-state index in [2.05, 4.69) is 15.2 Å². The lowest BCUT2D eigenvalue weighted by molar-refractivity contribution is 0.412. The number of H-pyrrole nitrogens is 1. The maximum Gasteiger partial charge on any atom is 0.322 e. The lowest BCUT2D eigenvalue weighted by atomic mass is 10.6. The normalized spacial score (nSPS) is 10.2. The third-order valence-corrected chi connectivity index (χ3v) is 3.18. The van der Waals surface area contributed by atoms with Crippen molar-refractivity contribution in [3.63, 3.8) is 0 Å². The summed E-state index contributed by atoms with van der Waals surface area (Å²) in [4.78, 5) is 15.4. The summed E-state index contributed by atoms with van der Waals surface area (Å²) in [5.41, 5.74) is 0. The molecule has 7 heteroatoms. The minimum atomic E-state index is -0.164. The van der Waals surface area contributed by atoms with Gasteiger partial charge in [0, 0.05) is 0 Å². The van der Waals surface area contributed by atoms with Gasteiger partial charge in [-0.2, -0.15) is 5.10 Å². The van der Waals surface area contributed by atoms with Gasteiger partial charge in [-0.15, -0.1) is 0 Å². The van der Waals surface area contributed by atoms with E-state index in [1.54, 1.807) is 13.3 Å². The van der Waals surface area contributed by atoms with Gasteiger partial charge in [-0.05, 0) is 0 Å². The van der Waals surface area contributed by atoms with E-state index in [1.165, 1.54) is 11.3 Å². The highest BCUT2D eigenvalue weighted by atomic mass is 32.1. The fourth-order valence-electron chi connectivity index (χ4n) is 0.787. The first-order valence-electron chi connectivity index (χ1n) is 3.35. The summed E-state index contributed by atoms with van der Waals surface area (Å²) in [6, 6.07) is 0. The second-order valence-corrected chi connectivity index (χ2v) is 4.07. The fourth-order valence-corrected chi connectivity index (χ4v) is 2.16. The average Bonchev–Trinajstić information content (AvgIpc) is 2.71. The summed E-state index contributed by atoms with van der Waals surface area (Å²) in [6.45, 7) is 0. The van der Waals surface area contributed by atoms with Crippen LogP contribution in [-0.2, 0) is 0 Å². The summed E-state index contributed by atoms with van der Waals surface area (Å²) in [7, 11) is 1.55. The van der Waals surface area contributed by atoms with Crippen molar-refractivity contribution in [2.45, 2.75) is 0 Å². The van der Waals surface area contributed by atoms with Crippen molar-refractivity contribution in [2.75, 3.05) is 7.11 Å². The molecule has 2 heterocycles. The summed E-state index contributed by atoms with van der Waals surface area (Å²) in [5, 5.41) is 7.39. The molecule has 0 amide bonds. The SMILES string of the molecule is COc1ncc(-c2n[nH]c(=O)s2)s1. The highest BCUT2D eigenvalue weighted by molar-refractivity contribution is 7.21. The zero-order valence-electron chi connectivity index (χ0n) is 6.60. The largest absolute Gasteiger partial charge is 0.473 e. The minimum absolute atomic E-state index is 0.164. The third kappa shape index (κ3) is 1.61. The Morgan fingerprint density at radius 3 is 2.92 bits per heavy atom. The lowest BCUT2D eigenvalue weighted by Gasteiger charge is -1.86. The van der Waals surface area contributed by atoms with Gasteiger partial charge in [0.05, 0.1) is 18.2 Å². The molecule has 0 aliphatic rings. The van der Waals surface area contributed by atoms with Crippen LogP contribution < -0.4 is 9.61 Å². The van der Waals surface area contributed by atoms with Crippen LogP contribution in [0.4, 0.5) is 0 Å². The molecule has 1 N–H and O–H groups in total. The summed E-state index contributed by atoms with van der Waals surface area (Å²) < 4.78 is 4.92. The smallest absolute Gasteiger partial charge is 0.322 e. The predicted molar refractivity (Wildman–Crippen MR) is 50.4 cm³/mol. The number of methoxy groups -OCH3 is 1. The van der Waals surface area contributed by atoms with Crippen molar-refractivity contribution in [1.29, 1.82) is 0 Å². The molecular formula is C6H5N3O2S2.